The molecule has 0 saturated heterocycles. The van der Waals surface area contributed by atoms with Gasteiger partial charge in [0.15, 0.2) is 5.16 Å². The highest BCUT2D eigenvalue weighted by Crippen LogP contribution is 2.37. The Morgan fingerprint density at radius 3 is 2.59 bits per heavy atom. The molecule has 0 radical (unpaired) electrons. The highest BCUT2D eigenvalue weighted by atomic mass is 35.5. The summed E-state index contributed by atoms with van der Waals surface area (Å²) >= 11 is 6.69. The molecule has 0 saturated carbocycles. The van der Waals surface area contributed by atoms with Crippen molar-refractivity contribution in [1.29, 1.82) is 0 Å². The maximum Gasteiger partial charge on any atom is 0.418 e. The topological polar surface area (TPSA) is 88.9 Å². The first kappa shape index (κ1) is 23.6. The molecule has 1 atom stereocenters. The molecular weight excluding hydrogens is 467 g/mol. The van der Waals surface area contributed by atoms with Gasteiger partial charge in [-0.25, -0.2) is 0 Å². The summed E-state index contributed by atoms with van der Waals surface area (Å²) < 4.78 is 41.4. The van der Waals surface area contributed by atoms with Gasteiger partial charge in [0, 0.05) is 17.6 Å². The van der Waals surface area contributed by atoms with Crippen LogP contribution in [-0.4, -0.2) is 31.8 Å². The zero-order valence-corrected chi connectivity index (χ0v) is 18.3. The fourth-order valence-corrected chi connectivity index (χ4v) is 3.74. The van der Waals surface area contributed by atoms with Crippen LogP contribution in [0.25, 0.3) is 5.69 Å². The van der Waals surface area contributed by atoms with Gasteiger partial charge in [0.25, 0.3) is 0 Å². The second-order valence-electron chi connectivity index (χ2n) is 6.65. The van der Waals surface area contributed by atoms with Gasteiger partial charge in [0.2, 0.25) is 11.8 Å². The average Bonchev–Trinajstić information content (AvgIpc) is 3.16. The SMILES string of the molecule is CC(=O)Nc1cccc(-n2cnnc2SC(C)C(=O)Nc2ccc(Cl)cc2C(F)(F)F)c1. The number of hydrogen-bond donors (Lipinski definition) is 2. The Hall–Kier alpha value is -3.05. The van der Waals surface area contributed by atoms with E-state index in [1.54, 1.807) is 28.8 Å². The number of anilines is 2. The minimum atomic E-state index is -4.68. The van der Waals surface area contributed by atoms with Crippen LogP contribution in [0.2, 0.25) is 5.02 Å². The van der Waals surface area contributed by atoms with Crippen molar-refractivity contribution >= 4 is 46.6 Å². The molecule has 1 heterocycles. The summed E-state index contributed by atoms with van der Waals surface area (Å²) in [5.74, 6) is -0.879. The number of carbonyl (C=O) groups is 2. The van der Waals surface area contributed by atoms with E-state index in [2.05, 4.69) is 20.8 Å². The monoisotopic (exact) mass is 483 g/mol. The Bertz CT molecular complexity index is 1150. The Labute approximate surface area is 190 Å². The van der Waals surface area contributed by atoms with Crippen LogP contribution in [0.1, 0.15) is 19.4 Å². The first-order valence-corrected chi connectivity index (χ1v) is 10.4. The molecule has 1 aromatic heterocycles. The van der Waals surface area contributed by atoms with Crippen molar-refractivity contribution in [3.05, 3.63) is 59.4 Å². The third-order valence-corrected chi connectivity index (χ3v) is 5.45. The van der Waals surface area contributed by atoms with E-state index in [1.807, 2.05) is 0 Å². The van der Waals surface area contributed by atoms with Gasteiger partial charge in [-0.1, -0.05) is 29.4 Å². The molecule has 0 aliphatic heterocycles. The van der Waals surface area contributed by atoms with Crippen molar-refractivity contribution < 1.29 is 22.8 Å². The van der Waals surface area contributed by atoms with Crippen molar-refractivity contribution in [2.45, 2.75) is 30.4 Å². The Morgan fingerprint density at radius 2 is 1.91 bits per heavy atom. The lowest BCUT2D eigenvalue weighted by Crippen LogP contribution is -2.24. The standard InChI is InChI=1S/C20H17ClF3N5O2S/c1-11(18(31)27-17-7-6-13(21)8-16(17)20(22,23)24)32-19-28-25-10-29(19)15-5-3-4-14(9-15)26-12(2)30/h3-11H,1-2H3,(H,26,30)(H,27,31). The second kappa shape index (κ2) is 9.61. The van der Waals surface area contributed by atoms with E-state index >= 15 is 0 Å². The van der Waals surface area contributed by atoms with Crippen LogP contribution in [0.4, 0.5) is 24.5 Å². The van der Waals surface area contributed by atoms with Gasteiger partial charge < -0.3 is 10.6 Å². The quantitative estimate of drug-likeness (QED) is 0.481. The molecule has 12 heteroatoms. The van der Waals surface area contributed by atoms with Gasteiger partial charge in [-0.05, 0) is 43.3 Å². The third-order valence-electron chi connectivity index (χ3n) is 4.16. The molecule has 7 nitrogen and oxygen atoms in total. The van der Waals surface area contributed by atoms with E-state index in [0.717, 1.165) is 23.9 Å². The summed E-state index contributed by atoms with van der Waals surface area (Å²) in [4.78, 5) is 23.9. The molecule has 168 valence electrons. The van der Waals surface area contributed by atoms with Gasteiger partial charge in [-0.3, -0.25) is 14.2 Å². The molecule has 0 aliphatic carbocycles. The summed E-state index contributed by atoms with van der Waals surface area (Å²) in [6.07, 6.45) is -3.25. The number of aromatic nitrogens is 3. The van der Waals surface area contributed by atoms with Gasteiger partial charge in [0.1, 0.15) is 6.33 Å². The van der Waals surface area contributed by atoms with Crippen molar-refractivity contribution in [3.63, 3.8) is 0 Å². The maximum absolute atomic E-state index is 13.3. The molecule has 3 rings (SSSR count). The number of hydrogen-bond acceptors (Lipinski definition) is 5. The highest BCUT2D eigenvalue weighted by Gasteiger charge is 2.34. The number of rotatable bonds is 6. The van der Waals surface area contributed by atoms with Crippen LogP contribution in [0, 0.1) is 0 Å². The lowest BCUT2D eigenvalue weighted by molar-refractivity contribution is -0.137. The van der Waals surface area contributed by atoms with Gasteiger partial charge >= 0.3 is 6.18 Å². The minimum Gasteiger partial charge on any atom is -0.326 e. The van der Waals surface area contributed by atoms with E-state index in [0.29, 0.717) is 16.5 Å². The summed E-state index contributed by atoms with van der Waals surface area (Å²) in [5.41, 5.74) is -0.224. The minimum absolute atomic E-state index is 0.0904. The highest BCUT2D eigenvalue weighted by molar-refractivity contribution is 8.00. The number of nitrogens with zero attached hydrogens (tertiary/aromatic N) is 3. The first-order valence-electron chi connectivity index (χ1n) is 9.17. The van der Waals surface area contributed by atoms with E-state index in [4.69, 9.17) is 11.6 Å². The Morgan fingerprint density at radius 1 is 1.16 bits per heavy atom. The van der Waals surface area contributed by atoms with E-state index in [1.165, 1.54) is 26.2 Å². The van der Waals surface area contributed by atoms with Crippen LogP contribution < -0.4 is 10.6 Å². The first-order chi connectivity index (χ1) is 15.0. The lowest BCUT2D eigenvalue weighted by Gasteiger charge is -2.16. The second-order valence-corrected chi connectivity index (χ2v) is 8.40. The largest absolute Gasteiger partial charge is 0.418 e. The van der Waals surface area contributed by atoms with Crippen LogP contribution in [0.3, 0.4) is 0 Å². The van der Waals surface area contributed by atoms with E-state index < -0.39 is 22.9 Å². The van der Waals surface area contributed by atoms with E-state index in [-0.39, 0.29) is 16.6 Å². The van der Waals surface area contributed by atoms with Crippen molar-refractivity contribution in [3.8, 4) is 5.69 Å². The van der Waals surface area contributed by atoms with Gasteiger partial charge in [-0.15, -0.1) is 10.2 Å². The number of carbonyl (C=O) groups excluding carboxylic acids is 2. The number of alkyl halides is 3. The zero-order valence-electron chi connectivity index (χ0n) is 16.8. The van der Waals surface area contributed by atoms with Gasteiger partial charge in [-0.2, -0.15) is 13.2 Å². The molecule has 0 aliphatic rings. The molecule has 3 aromatic rings. The maximum atomic E-state index is 13.3. The van der Waals surface area contributed by atoms with Crippen molar-refractivity contribution in [1.82, 2.24) is 14.8 Å². The molecule has 2 aromatic carbocycles. The predicted molar refractivity (Wildman–Crippen MR) is 116 cm³/mol. The molecule has 32 heavy (non-hydrogen) atoms. The van der Waals surface area contributed by atoms with Crippen LogP contribution in [0.5, 0.6) is 0 Å². The number of benzene rings is 2. The zero-order chi connectivity index (χ0) is 23.5. The molecule has 0 bridgehead atoms. The number of thioether (sulfide) groups is 1. The van der Waals surface area contributed by atoms with Crippen LogP contribution in [-0.2, 0) is 15.8 Å². The smallest absolute Gasteiger partial charge is 0.326 e. The molecule has 0 fully saturated rings. The number of nitrogens with one attached hydrogen (secondary N) is 2. The third kappa shape index (κ3) is 5.80. The fraction of sp³-hybridized carbons (Fsp3) is 0.200. The summed E-state index contributed by atoms with van der Waals surface area (Å²) in [7, 11) is 0. The summed E-state index contributed by atoms with van der Waals surface area (Å²) in [6, 6.07) is 10.0. The lowest BCUT2D eigenvalue weighted by atomic mass is 10.1. The predicted octanol–water partition coefficient (Wildman–Crippen LogP) is 5.02. The normalized spacial score (nSPS) is 12.3. The van der Waals surface area contributed by atoms with Crippen molar-refractivity contribution in [2.75, 3.05) is 10.6 Å². The fourth-order valence-electron chi connectivity index (χ4n) is 2.72. The average molecular weight is 484 g/mol. The number of halogens is 4. The van der Waals surface area contributed by atoms with Crippen molar-refractivity contribution in [2.24, 2.45) is 0 Å². The molecular formula is C20H17ClF3N5O2S. The van der Waals surface area contributed by atoms with Gasteiger partial charge in [0.05, 0.1) is 22.2 Å². The molecule has 2 amide bonds. The molecule has 1 unspecified atom stereocenters. The van der Waals surface area contributed by atoms with Crippen LogP contribution in [0.15, 0.2) is 53.9 Å². The number of amides is 2. The Balaban J connectivity index is 1.77. The Kier molecular flexibility index (Phi) is 7.09. The van der Waals surface area contributed by atoms with E-state index in [9.17, 15) is 22.8 Å². The summed E-state index contributed by atoms with van der Waals surface area (Å²) in [5, 5.41) is 12.3. The van der Waals surface area contributed by atoms with Crippen LogP contribution >= 0.6 is 23.4 Å². The molecule has 2 N–H and O–H groups in total. The molecule has 0 spiro atoms. The summed E-state index contributed by atoms with van der Waals surface area (Å²) in [6.45, 7) is 2.92.